The Kier molecular flexibility index (Phi) is 8.83. The lowest BCUT2D eigenvalue weighted by Crippen LogP contribution is -2.49. The van der Waals surface area contributed by atoms with Crippen molar-refractivity contribution in [1.82, 2.24) is 16.0 Å². The number of nitrogens with two attached hydrogens (primary N) is 1. The predicted molar refractivity (Wildman–Crippen MR) is 114 cm³/mol. The first-order valence-corrected chi connectivity index (χ1v) is 9.75. The van der Waals surface area contributed by atoms with Gasteiger partial charge in [-0.3, -0.25) is 14.4 Å². The van der Waals surface area contributed by atoms with Crippen LogP contribution in [0.1, 0.15) is 18.1 Å². The molecule has 0 spiro atoms. The number of phenols is 1. The van der Waals surface area contributed by atoms with Crippen molar-refractivity contribution < 1.29 is 19.5 Å². The van der Waals surface area contributed by atoms with E-state index in [9.17, 15) is 19.5 Å². The minimum absolute atomic E-state index is 0.150. The lowest BCUT2D eigenvalue weighted by Gasteiger charge is -2.18. The van der Waals surface area contributed by atoms with Crippen LogP contribution in [0.3, 0.4) is 0 Å². The molecule has 0 aliphatic rings. The average molecular weight is 412 g/mol. The number of carbonyl (C=O) groups is 3. The highest BCUT2D eigenvalue weighted by atomic mass is 16.3. The van der Waals surface area contributed by atoms with Gasteiger partial charge in [0.2, 0.25) is 17.7 Å². The molecule has 160 valence electrons. The first kappa shape index (κ1) is 22.9. The quantitative estimate of drug-likeness (QED) is 0.357. The van der Waals surface area contributed by atoms with Gasteiger partial charge in [0, 0.05) is 26.4 Å². The summed E-state index contributed by atoms with van der Waals surface area (Å²) in [6.45, 7) is 1.79. The smallest absolute Gasteiger partial charge is 0.242 e. The zero-order valence-electron chi connectivity index (χ0n) is 16.9. The van der Waals surface area contributed by atoms with E-state index in [0.29, 0.717) is 12.8 Å². The fourth-order valence-corrected chi connectivity index (χ4v) is 2.91. The van der Waals surface area contributed by atoms with Crippen LogP contribution in [0.25, 0.3) is 0 Å². The predicted octanol–water partition coefficient (Wildman–Crippen LogP) is 0.242. The zero-order chi connectivity index (χ0) is 21.9. The van der Waals surface area contributed by atoms with Crippen LogP contribution in [0, 0.1) is 0 Å². The number of benzene rings is 2. The van der Waals surface area contributed by atoms with Crippen molar-refractivity contribution in [2.75, 3.05) is 13.1 Å². The molecule has 0 radical (unpaired) electrons. The Balaban J connectivity index is 1.76. The molecule has 6 N–H and O–H groups in total. The number of aromatic hydroxyl groups is 1. The molecule has 1 unspecified atom stereocenters. The standard InChI is InChI=1S/C22H28N4O4/c1-15(27)26-20(14-16-5-3-2-4-6-16)22(30)25-12-11-24-21(29)19(23)13-17-7-9-18(28)10-8-17/h2-10,19-20,28H,11-14,23H2,1H3,(H,24,29)(H,25,30)(H,26,27)/t19?,20-/m1/s1. The number of phenolic OH excluding ortho intramolecular Hbond substituents is 1. The van der Waals surface area contributed by atoms with E-state index in [-0.39, 0.29) is 36.6 Å². The lowest BCUT2D eigenvalue weighted by molar-refractivity contribution is -0.128. The molecule has 2 aromatic carbocycles. The Hall–Kier alpha value is -3.39. The molecule has 0 aromatic heterocycles. The van der Waals surface area contributed by atoms with Crippen molar-refractivity contribution in [3.63, 3.8) is 0 Å². The number of rotatable bonds is 10. The van der Waals surface area contributed by atoms with Gasteiger partial charge in [-0.2, -0.15) is 0 Å². The van der Waals surface area contributed by atoms with Gasteiger partial charge in [-0.1, -0.05) is 42.5 Å². The first-order valence-electron chi connectivity index (χ1n) is 9.75. The van der Waals surface area contributed by atoms with E-state index in [2.05, 4.69) is 16.0 Å². The summed E-state index contributed by atoms with van der Waals surface area (Å²) in [5.74, 6) is -0.798. The molecule has 30 heavy (non-hydrogen) atoms. The van der Waals surface area contributed by atoms with Gasteiger partial charge < -0.3 is 26.8 Å². The first-order chi connectivity index (χ1) is 14.3. The second kappa shape index (κ2) is 11.6. The summed E-state index contributed by atoms with van der Waals surface area (Å²) >= 11 is 0. The van der Waals surface area contributed by atoms with Crippen LogP contribution in [0.15, 0.2) is 54.6 Å². The minimum Gasteiger partial charge on any atom is -0.508 e. The number of hydrogen-bond donors (Lipinski definition) is 5. The van der Waals surface area contributed by atoms with E-state index in [1.807, 2.05) is 30.3 Å². The van der Waals surface area contributed by atoms with Gasteiger partial charge in [0.05, 0.1) is 6.04 Å². The van der Waals surface area contributed by atoms with E-state index in [0.717, 1.165) is 11.1 Å². The fraction of sp³-hybridized carbons (Fsp3) is 0.318. The summed E-state index contributed by atoms with van der Waals surface area (Å²) in [6, 6.07) is 14.4. The highest BCUT2D eigenvalue weighted by molar-refractivity contribution is 5.87. The number of nitrogens with one attached hydrogen (secondary N) is 3. The highest BCUT2D eigenvalue weighted by Crippen LogP contribution is 2.10. The van der Waals surface area contributed by atoms with E-state index >= 15 is 0 Å². The maximum absolute atomic E-state index is 12.4. The molecule has 2 rings (SSSR count). The molecule has 8 nitrogen and oxygen atoms in total. The highest BCUT2D eigenvalue weighted by Gasteiger charge is 2.20. The van der Waals surface area contributed by atoms with E-state index in [4.69, 9.17) is 5.73 Å². The Morgan fingerprint density at radius 2 is 1.43 bits per heavy atom. The summed E-state index contributed by atoms with van der Waals surface area (Å²) in [5.41, 5.74) is 7.68. The molecule has 0 fully saturated rings. The topological polar surface area (TPSA) is 134 Å². The molecule has 0 bridgehead atoms. The molecule has 0 aliphatic heterocycles. The molecule has 0 heterocycles. The summed E-state index contributed by atoms with van der Waals surface area (Å²) in [7, 11) is 0. The summed E-state index contributed by atoms with van der Waals surface area (Å²) < 4.78 is 0. The average Bonchev–Trinajstić information content (AvgIpc) is 2.72. The maximum atomic E-state index is 12.4. The van der Waals surface area contributed by atoms with Gasteiger partial charge >= 0.3 is 0 Å². The van der Waals surface area contributed by atoms with Gasteiger partial charge in [-0.05, 0) is 29.7 Å². The third kappa shape index (κ3) is 7.92. The number of hydrogen-bond acceptors (Lipinski definition) is 5. The largest absolute Gasteiger partial charge is 0.508 e. The molecule has 0 saturated carbocycles. The maximum Gasteiger partial charge on any atom is 0.242 e. The van der Waals surface area contributed by atoms with Crippen molar-refractivity contribution in [3.8, 4) is 5.75 Å². The van der Waals surface area contributed by atoms with Crippen molar-refractivity contribution in [1.29, 1.82) is 0 Å². The van der Waals surface area contributed by atoms with Gasteiger partial charge in [0.25, 0.3) is 0 Å². The molecular formula is C22H28N4O4. The van der Waals surface area contributed by atoms with Crippen molar-refractivity contribution in [3.05, 3.63) is 65.7 Å². The molecular weight excluding hydrogens is 384 g/mol. The number of amides is 3. The van der Waals surface area contributed by atoms with Crippen LogP contribution in [0.2, 0.25) is 0 Å². The van der Waals surface area contributed by atoms with E-state index < -0.39 is 12.1 Å². The molecule has 0 aliphatic carbocycles. The van der Waals surface area contributed by atoms with Gasteiger partial charge in [0.15, 0.2) is 0 Å². The second-order valence-corrected chi connectivity index (χ2v) is 7.00. The third-order valence-corrected chi connectivity index (χ3v) is 4.43. The van der Waals surface area contributed by atoms with Crippen LogP contribution in [-0.4, -0.2) is 48.0 Å². The van der Waals surface area contributed by atoms with Crippen LogP contribution < -0.4 is 21.7 Å². The van der Waals surface area contributed by atoms with Crippen LogP contribution in [-0.2, 0) is 27.2 Å². The summed E-state index contributed by atoms with van der Waals surface area (Å²) in [5, 5.41) is 17.3. The molecule has 2 atom stereocenters. The SMILES string of the molecule is CC(=O)N[C@H](Cc1ccccc1)C(=O)NCCNC(=O)C(N)Cc1ccc(O)cc1. The van der Waals surface area contributed by atoms with Crippen LogP contribution in [0.4, 0.5) is 0 Å². The second-order valence-electron chi connectivity index (χ2n) is 7.00. The third-order valence-electron chi connectivity index (χ3n) is 4.43. The Bertz CT molecular complexity index is 840. The zero-order valence-corrected chi connectivity index (χ0v) is 16.9. The minimum atomic E-state index is -0.740. The summed E-state index contributed by atoms with van der Waals surface area (Å²) in [6.07, 6.45) is 0.705. The normalized spacial score (nSPS) is 12.5. The van der Waals surface area contributed by atoms with Crippen LogP contribution >= 0.6 is 0 Å². The van der Waals surface area contributed by atoms with E-state index in [1.165, 1.54) is 19.1 Å². The van der Waals surface area contributed by atoms with Crippen molar-refractivity contribution in [2.24, 2.45) is 5.73 Å². The number of carbonyl (C=O) groups excluding carboxylic acids is 3. The monoisotopic (exact) mass is 412 g/mol. The Morgan fingerprint density at radius 1 is 0.867 bits per heavy atom. The lowest BCUT2D eigenvalue weighted by atomic mass is 10.1. The Morgan fingerprint density at radius 3 is 2.03 bits per heavy atom. The molecule has 8 heteroatoms. The van der Waals surface area contributed by atoms with Crippen molar-refractivity contribution >= 4 is 17.7 Å². The van der Waals surface area contributed by atoms with Crippen molar-refractivity contribution in [2.45, 2.75) is 31.8 Å². The Labute approximate surface area is 175 Å². The van der Waals surface area contributed by atoms with E-state index in [1.54, 1.807) is 12.1 Å². The summed E-state index contributed by atoms with van der Waals surface area (Å²) in [4.78, 5) is 36.0. The molecule has 3 amide bonds. The molecule has 0 saturated heterocycles. The van der Waals surface area contributed by atoms with Crippen LogP contribution in [0.5, 0.6) is 5.75 Å². The van der Waals surface area contributed by atoms with Gasteiger partial charge in [0.1, 0.15) is 11.8 Å². The fourth-order valence-electron chi connectivity index (χ4n) is 2.91. The van der Waals surface area contributed by atoms with Gasteiger partial charge in [-0.25, -0.2) is 0 Å². The van der Waals surface area contributed by atoms with Gasteiger partial charge in [-0.15, -0.1) is 0 Å². The molecule has 2 aromatic rings.